The van der Waals surface area contributed by atoms with Crippen LogP contribution in [0.4, 0.5) is 5.69 Å². The second-order valence-electron chi connectivity index (χ2n) is 6.98. The Hall–Kier alpha value is -1.75. The minimum atomic E-state index is 0.0673. The monoisotopic (exact) mass is 332 g/mol. The van der Waals surface area contributed by atoms with E-state index in [-0.39, 0.29) is 17.9 Å². The number of benzene rings is 1. The number of carbonyl (C=O) groups excluding carboxylic acids is 1. The third-order valence-corrected chi connectivity index (χ3v) is 5.51. The van der Waals surface area contributed by atoms with E-state index >= 15 is 0 Å². The molecule has 2 atom stereocenters. The Balaban J connectivity index is 1.66. The summed E-state index contributed by atoms with van der Waals surface area (Å²) in [6, 6.07) is 5.80. The van der Waals surface area contributed by atoms with Crippen molar-refractivity contribution in [1.29, 1.82) is 0 Å². The number of ether oxygens (including phenoxy) is 2. The second-order valence-corrected chi connectivity index (χ2v) is 6.98. The normalized spacial score (nSPS) is 29.0. The van der Waals surface area contributed by atoms with Gasteiger partial charge in [0.1, 0.15) is 0 Å². The highest BCUT2D eigenvalue weighted by molar-refractivity contribution is 5.93. The van der Waals surface area contributed by atoms with Crippen LogP contribution in [0.15, 0.2) is 18.2 Å². The van der Waals surface area contributed by atoms with Gasteiger partial charge in [-0.1, -0.05) is 6.42 Å². The topological polar surface area (TPSA) is 73.6 Å². The molecule has 2 bridgehead atoms. The maximum atomic E-state index is 12.7. The standard InChI is InChI=1S/C19H28N2O3/c1-3-24-16-8-7-15(11-17(16)23-2)21-19(22)14-9-12-5-4-6-13(10-14)18(12)20/h7-8,11-14,18H,3-6,9-10,20H2,1-2H3,(H,21,22). The first-order valence-electron chi connectivity index (χ1n) is 8.99. The first-order valence-corrected chi connectivity index (χ1v) is 8.99. The molecule has 2 aliphatic rings. The minimum absolute atomic E-state index is 0.0673. The average Bonchev–Trinajstić information content (AvgIpc) is 2.56. The number of anilines is 1. The highest BCUT2D eigenvalue weighted by Gasteiger charge is 2.40. The number of carbonyl (C=O) groups is 1. The summed E-state index contributed by atoms with van der Waals surface area (Å²) in [5.74, 6) is 2.50. The predicted octanol–water partition coefficient (Wildman–Crippen LogP) is 3.19. The van der Waals surface area contributed by atoms with Crippen LogP contribution in [0.2, 0.25) is 0 Å². The van der Waals surface area contributed by atoms with Gasteiger partial charge in [-0.05, 0) is 56.6 Å². The molecule has 1 aromatic rings. The van der Waals surface area contributed by atoms with Crippen molar-refractivity contribution in [2.75, 3.05) is 19.0 Å². The second kappa shape index (κ2) is 7.43. The summed E-state index contributed by atoms with van der Waals surface area (Å²) in [7, 11) is 1.60. The van der Waals surface area contributed by atoms with Crippen LogP contribution >= 0.6 is 0 Å². The number of nitrogens with two attached hydrogens (primary N) is 1. The number of fused-ring (bicyclic) bond motifs is 2. The van der Waals surface area contributed by atoms with Crippen LogP contribution in [0.1, 0.15) is 39.0 Å². The molecule has 0 aromatic heterocycles. The van der Waals surface area contributed by atoms with Crippen LogP contribution in [-0.2, 0) is 4.79 Å². The van der Waals surface area contributed by atoms with Crippen molar-refractivity contribution in [2.24, 2.45) is 23.5 Å². The third-order valence-electron chi connectivity index (χ3n) is 5.51. The van der Waals surface area contributed by atoms with Crippen molar-refractivity contribution in [2.45, 2.75) is 45.1 Å². The van der Waals surface area contributed by atoms with Gasteiger partial charge in [0.15, 0.2) is 11.5 Å². The smallest absolute Gasteiger partial charge is 0.227 e. The molecule has 5 heteroatoms. The number of nitrogens with one attached hydrogen (secondary N) is 1. The predicted molar refractivity (Wildman–Crippen MR) is 94.3 cm³/mol. The Morgan fingerprint density at radius 2 is 1.96 bits per heavy atom. The van der Waals surface area contributed by atoms with E-state index in [4.69, 9.17) is 15.2 Å². The minimum Gasteiger partial charge on any atom is -0.493 e. The van der Waals surface area contributed by atoms with Crippen molar-refractivity contribution in [3.8, 4) is 11.5 Å². The zero-order chi connectivity index (χ0) is 17.1. The summed E-state index contributed by atoms with van der Waals surface area (Å²) in [6.07, 6.45) is 5.42. The van der Waals surface area contributed by atoms with Crippen LogP contribution in [0.25, 0.3) is 0 Å². The van der Waals surface area contributed by atoms with E-state index < -0.39 is 0 Å². The fourth-order valence-corrected chi connectivity index (χ4v) is 4.27. The summed E-state index contributed by atoms with van der Waals surface area (Å²) >= 11 is 0. The van der Waals surface area contributed by atoms with Gasteiger partial charge in [0.25, 0.3) is 0 Å². The maximum absolute atomic E-state index is 12.7. The molecule has 0 radical (unpaired) electrons. The zero-order valence-corrected chi connectivity index (χ0v) is 14.6. The van der Waals surface area contributed by atoms with Crippen LogP contribution in [0.3, 0.4) is 0 Å². The molecule has 2 fully saturated rings. The van der Waals surface area contributed by atoms with Gasteiger partial charge in [-0.25, -0.2) is 0 Å². The SMILES string of the molecule is CCOc1ccc(NC(=O)C2CC3CCCC(C2)C3N)cc1OC. The van der Waals surface area contributed by atoms with E-state index in [9.17, 15) is 4.79 Å². The Kier molecular flexibility index (Phi) is 5.29. The van der Waals surface area contributed by atoms with Crippen molar-refractivity contribution >= 4 is 11.6 Å². The van der Waals surface area contributed by atoms with Crippen molar-refractivity contribution < 1.29 is 14.3 Å². The molecule has 132 valence electrons. The molecule has 1 aromatic carbocycles. The summed E-state index contributed by atoms with van der Waals surface area (Å²) < 4.78 is 10.9. The Labute approximate surface area is 143 Å². The van der Waals surface area contributed by atoms with Crippen LogP contribution < -0.4 is 20.5 Å². The summed E-state index contributed by atoms with van der Waals surface area (Å²) in [6.45, 7) is 2.51. The molecule has 0 saturated heterocycles. The van der Waals surface area contributed by atoms with Gasteiger partial charge in [0.05, 0.1) is 13.7 Å². The Morgan fingerprint density at radius 1 is 1.25 bits per heavy atom. The van der Waals surface area contributed by atoms with Gasteiger partial charge in [0, 0.05) is 23.7 Å². The molecule has 1 amide bonds. The quantitative estimate of drug-likeness (QED) is 0.868. The van der Waals surface area contributed by atoms with Crippen molar-refractivity contribution in [1.82, 2.24) is 0 Å². The first-order chi connectivity index (χ1) is 11.6. The largest absolute Gasteiger partial charge is 0.493 e. The number of hydrogen-bond acceptors (Lipinski definition) is 4. The zero-order valence-electron chi connectivity index (χ0n) is 14.6. The van der Waals surface area contributed by atoms with Gasteiger partial charge in [-0.2, -0.15) is 0 Å². The first kappa shape index (κ1) is 17.1. The molecule has 3 rings (SSSR count). The third kappa shape index (κ3) is 3.51. The van der Waals surface area contributed by atoms with E-state index in [1.807, 2.05) is 25.1 Å². The van der Waals surface area contributed by atoms with Crippen molar-refractivity contribution in [3.63, 3.8) is 0 Å². The van der Waals surface area contributed by atoms with E-state index in [2.05, 4.69) is 5.32 Å². The highest BCUT2D eigenvalue weighted by Crippen LogP contribution is 2.42. The fourth-order valence-electron chi connectivity index (χ4n) is 4.27. The van der Waals surface area contributed by atoms with Gasteiger partial charge in [0.2, 0.25) is 5.91 Å². The van der Waals surface area contributed by atoms with E-state index in [1.165, 1.54) is 19.3 Å². The van der Waals surface area contributed by atoms with Crippen LogP contribution in [-0.4, -0.2) is 25.7 Å². The molecule has 3 N–H and O–H groups in total. The number of hydrogen-bond donors (Lipinski definition) is 2. The molecule has 2 unspecified atom stereocenters. The molecular weight excluding hydrogens is 304 g/mol. The van der Waals surface area contributed by atoms with Crippen molar-refractivity contribution in [3.05, 3.63) is 18.2 Å². The van der Waals surface area contributed by atoms with Crippen LogP contribution in [0.5, 0.6) is 11.5 Å². The molecule has 24 heavy (non-hydrogen) atoms. The molecule has 0 spiro atoms. The number of rotatable bonds is 5. The molecule has 0 aliphatic heterocycles. The lowest BCUT2D eigenvalue weighted by Crippen LogP contribution is -2.48. The van der Waals surface area contributed by atoms with Crippen LogP contribution in [0, 0.1) is 17.8 Å². The molecule has 2 aliphatic carbocycles. The van der Waals surface area contributed by atoms with E-state index in [0.29, 0.717) is 29.9 Å². The molecule has 5 nitrogen and oxygen atoms in total. The fraction of sp³-hybridized carbons (Fsp3) is 0.632. The van der Waals surface area contributed by atoms with Gasteiger partial charge in [-0.15, -0.1) is 0 Å². The lowest BCUT2D eigenvalue weighted by atomic mass is 9.65. The number of amides is 1. The lowest BCUT2D eigenvalue weighted by molar-refractivity contribution is -0.122. The summed E-state index contributed by atoms with van der Waals surface area (Å²) in [5.41, 5.74) is 7.07. The molecule has 0 heterocycles. The van der Waals surface area contributed by atoms with Gasteiger partial charge in [-0.3, -0.25) is 4.79 Å². The molecule has 2 saturated carbocycles. The van der Waals surface area contributed by atoms with Gasteiger partial charge < -0.3 is 20.5 Å². The molecular formula is C19H28N2O3. The van der Waals surface area contributed by atoms with E-state index in [0.717, 1.165) is 18.5 Å². The van der Waals surface area contributed by atoms with Gasteiger partial charge >= 0.3 is 0 Å². The average molecular weight is 332 g/mol. The maximum Gasteiger partial charge on any atom is 0.227 e. The van der Waals surface area contributed by atoms with E-state index in [1.54, 1.807) is 7.11 Å². The highest BCUT2D eigenvalue weighted by atomic mass is 16.5. The number of methoxy groups -OCH3 is 1. The Morgan fingerprint density at radius 3 is 2.58 bits per heavy atom. The summed E-state index contributed by atoms with van der Waals surface area (Å²) in [4.78, 5) is 12.7. The summed E-state index contributed by atoms with van der Waals surface area (Å²) in [5, 5.41) is 3.04. The Bertz CT molecular complexity index is 576. The lowest BCUT2D eigenvalue weighted by Gasteiger charge is -2.43.